The van der Waals surface area contributed by atoms with Gasteiger partial charge in [0.1, 0.15) is 17.3 Å². The fraction of sp³-hybridized carbons (Fsp3) is 0.533. The highest BCUT2D eigenvalue weighted by Gasteiger charge is 2.15. The number of nitrogens with two attached hydrogens (primary N) is 1. The van der Waals surface area contributed by atoms with Gasteiger partial charge in [0.2, 0.25) is 0 Å². The predicted octanol–water partition coefficient (Wildman–Crippen LogP) is 2.43. The summed E-state index contributed by atoms with van der Waals surface area (Å²) in [6.45, 7) is 6.35. The molecular weight excluding hydrogens is 256 g/mol. The van der Waals surface area contributed by atoms with Gasteiger partial charge < -0.3 is 10.5 Å². The third-order valence-electron chi connectivity index (χ3n) is 3.69. The maximum atomic E-state index is 5.82. The van der Waals surface area contributed by atoms with Crippen molar-refractivity contribution in [1.29, 1.82) is 0 Å². The van der Waals surface area contributed by atoms with E-state index in [1.54, 1.807) is 0 Å². The molecule has 0 aromatic heterocycles. The first-order valence-electron chi connectivity index (χ1n) is 6.91. The second-order valence-electron chi connectivity index (χ2n) is 5.23. The van der Waals surface area contributed by atoms with Crippen LogP contribution in [0.2, 0.25) is 0 Å². The second kappa shape index (κ2) is 6.87. The number of hydrogen-bond donors (Lipinski definition) is 1. The van der Waals surface area contributed by atoms with Crippen LogP contribution in [0.5, 0.6) is 5.75 Å². The van der Waals surface area contributed by atoms with Gasteiger partial charge in [0.15, 0.2) is 0 Å². The van der Waals surface area contributed by atoms with Gasteiger partial charge in [0, 0.05) is 6.54 Å². The summed E-state index contributed by atoms with van der Waals surface area (Å²) < 4.78 is 5.82. The molecule has 1 heterocycles. The molecule has 0 radical (unpaired) electrons. The molecule has 2 rings (SSSR count). The molecule has 104 valence electrons. The number of likely N-dealkylation sites (tertiary alicyclic amines) is 1. The molecule has 1 aromatic rings. The summed E-state index contributed by atoms with van der Waals surface area (Å²) in [5.41, 5.74) is 6.51. The molecule has 1 fully saturated rings. The average Bonchev–Trinajstić information content (AvgIpc) is 2.41. The summed E-state index contributed by atoms with van der Waals surface area (Å²) in [6.07, 6.45) is 2.59. The second-order valence-corrected chi connectivity index (χ2v) is 5.67. The lowest BCUT2D eigenvalue weighted by Crippen LogP contribution is -2.35. The van der Waals surface area contributed by atoms with Gasteiger partial charge in [-0.2, -0.15) is 0 Å². The van der Waals surface area contributed by atoms with Crippen LogP contribution in [-0.4, -0.2) is 36.1 Å². The third-order valence-corrected chi connectivity index (χ3v) is 3.91. The molecule has 1 aliphatic heterocycles. The molecule has 0 saturated carbocycles. The number of nitrogens with zero attached hydrogens (tertiary/aromatic N) is 1. The molecule has 3 nitrogen and oxygen atoms in total. The zero-order valence-corrected chi connectivity index (χ0v) is 12.3. The maximum absolute atomic E-state index is 5.82. The van der Waals surface area contributed by atoms with Gasteiger partial charge in [0.25, 0.3) is 0 Å². The van der Waals surface area contributed by atoms with Crippen molar-refractivity contribution in [2.45, 2.75) is 19.8 Å². The smallest absolute Gasteiger partial charge is 0.129 e. The van der Waals surface area contributed by atoms with Crippen LogP contribution in [0.3, 0.4) is 0 Å². The van der Waals surface area contributed by atoms with E-state index in [0.29, 0.717) is 11.6 Å². The van der Waals surface area contributed by atoms with E-state index in [-0.39, 0.29) is 0 Å². The van der Waals surface area contributed by atoms with Crippen molar-refractivity contribution in [3.8, 4) is 5.75 Å². The van der Waals surface area contributed by atoms with E-state index < -0.39 is 0 Å². The Morgan fingerprint density at radius 2 is 2.05 bits per heavy atom. The summed E-state index contributed by atoms with van der Waals surface area (Å²) in [4.78, 5) is 2.85. The summed E-state index contributed by atoms with van der Waals surface area (Å²) in [5, 5.41) is 0. The third kappa shape index (κ3) is 4.18. The van der Waals surface area contributed by atoms with Crippen LogP contribution in [0.25, 0.3) is 0 Å². The molecule has 1 aromatic carbocycles. The fourth-order valence-electron chi connectivity index (χ4n) is 2.37. The molecular formula is C15H22N2OS. The molecule has 4 heteroatoms. The quantitative estimate of drug-likeness (QED) is 0.840. The van der Waals surface area contributed by atoms with E-state index in [2.05, 4.69) is 11.8 Å². The first-order chi connectivity index (χ1) is 9.16. The Morgan fingerprint density at radius 1 is 1.37 bits per heavy atom. The minimum absolute atomic E-state index is 0.391. The van der Waals surface area contributed by atoms with Crippen LogP contribution in [-0.2, 0) is 0 Å². The lowest BCUT2D eigenvalue weighted by molar-refractivity contribution is 0.160. The fourth-order valence-corrected chi connectivity index (χ4v) is 2.54. The van der Waals surface area contributed by atoms with E-state index in [4.69, 9.17) is 22.7 Å². The highest BCUT2D eigenvalue weighted by atomic mass is 32.1. The zero-order valence-electron chi connectivity index (χ0n) is 11.5. The SMILES string of the molecule is CC1CCN(CCOc2ccccc2C(N)=S)CC1. The Hall–Kier alpha value is -1.13. The Balaban J connectivity index is 1.81. The van der Waals surface area contributed by atoms with Crippen LogP contribution >= 0.6 is 12.2 Å². The number of rotatable bonds is 5. The largest absolute Gasteiger partial charge is 0.492 e. The molecule has 2 N–H and O–H groups in total. The minimum atomic E-state index is 0.391. The Morgan fingerprint density at radius 3 is 2.74 bits per heavy atom. The highest BCUT2D eigenvalue weighted by Crippen LogP contribution is 2.18. The van der Waals surface area contributed by atoms with Crippen LogP contribution < -0.4 is 10.5 Å². The molecule has 0 amide bonds. The Kier molecular flexibility index (Phi) is 5.16. The zero-order chi connectivity index (χ0) is 13.7. The topological polar surface area (TPSA) is 38.5 Å². The van der Waals surface area contributed by atoms with E-state index in [1.165, 1.54) is 25.9 Å². The molecule has 0 bridgehead atoms. The van der Waals surface area contributed by atoms with Crippen molar-refractivity contribution in [3.05, 3.63) is 29.8 Å². The van der Waals surface area contributed by atoms with Crippen LogP contribution in [0.15, 0.2) is 24.3 Å². The van der Waals surface area contributed by atoms with Gasteiger partial charge in [-0.25, -0.2) is 0 Å². The molecule has 0 spiro atoms. The van der Waals surface area contributed by atoms with Gasteiger partial charge in [-0.15, -0.1) is 0 Å². The van der Waals surface area contributed by atoms with Crippen molar-refractivity contribution in [3.63, 3.8) is 0 Å². The van der Waals surface area contributed by atoms with Crippen molar-refractivity contribution in [2.24, 2.45) is 11.7 Å². The first-order valence-corrected chi connectivity index (χ1v) is 7.31. The number of para-hydroxylation sites is 1. The molecule has 1 aliphatic rings. The molecule has 0 unspecified atom stereocenters. The molecule has 1 saturated heterocycles. The van der Waals surface area contributed by atoms with Crippen molar-refractivity contribution in [2.75, 3.05) is 26.2 Å². The minimum Gasteiger partial charge on any atom is -0.492 e. The summed E-state index contributed by atoms with van der Waals surface area (Å²) >= 11 is 5.03. The van der Waals surface area contributed by atoms with E-state index in [9.17, 15) is 0 Å². The summed E-state index contributed by atoms with van der Waals surface area (Å²) in [6, 6.07) is 7.69. The first kappa shape index (κ1) is 14.3. The Bertz CT molecular complexity index is 428. The van der Waals surface area contributed by atoms with Gasteiger partial charge in [0.05, 0.1) is 5.56 Å². The predicted molar refractivity (Wildman–Crippen MR) is 82.7 cm³/mol. The lowest BCUT2D eigenvalue weighted by atomic mass is 9.99. The van der Waals surface area contributed by atoms with Crippen LogP contribution in [0, 0.1) is 5.92 Å². The summed E-state index contributed by atoms with van der Waals surface area (Å²) in [5.74, 6) is 1.66. The van der Waals surface area contributed by atoms with Gasteiger partial charge in [-0.3, -0.25) is 4.90 Å². The van der Waals surface area contributed by atoms with E-state index in [0.717, 1.165) is 23.8 Å². The van der Waals surface area contributed by atoms with Gasteiger partial charge in [-0.1, -0.05) is 31.3 Å². The van der Waals surface area contributed by atoms with Crippen LogP contribution in [0.4, 0.5) is 0 Å². The molecule has 19 heavy (non-hydrogen) atoms. The average molecular weight is 278 g/mol. The Labute approximate surface area is 120 Å². The number of hydrogen-bond acceptors (Lipinski definition) is 3. The van der Waals surface area contributed by atoms with Crippen molar-refractivity contribution >= 4 is 17.2 Å². The van der Waals surface area contributed by atoms with Crippen molar-refractivity contribution in [1.82, 2.24) is 4.90 Å². The molecule has 0 atom stereocenters. The van der Waals surface area contributed by atoms with Crippen molar-refractivity contribution < 1.29 is 4.74 Å². The van der Waals surface area contributed by atoms with E-state index in [1.807, 2.05) is 24.3 Å². The number of benzene rings is 1. The van der Waals surface area contributed by atoms with Gasteiger partial charge >= 0.3 is 0 Å². The maximum Gasteiger partial charge on any atom is 0.129 e. The monoisotopic (exact) mass is 278 g/mol. The lowest BCUT2D eigenvalue weighted by Gasteiger charge is -2.30. The highest BCUT2D eigenvalue weighted by molar-refractivity contribution is 7.80. The van der Waals surface area contributed by atoms with Gasteiger partial charge in [-0.05, 0) is 44.0 Å². The number of piperidine rings is 1. The standard InChI is InChI=1S/C15H22N2OS/c1-12-6-8-17(9-7-12)10-11-18-14-5-3-2-4-13(14)15(16)19/h2-5,12H,6-11H2,1H3,(H2,16,19). The summed E-state index contributed by atoms with van der Waals surface area (Å²) in [7, 11) is 0. The van der Waals surface area contributed by atoms with E-state index >= 15 is 0 Å². The normalized spacial score (nSPS) is 17.3. The number of ether oxygens (including phenoxy) is 1. The number of thiocarbonyl (C=S) groups is 1. The molecule has 0 aliphatic carbocycles. The van der Waals surface area contributed by atoms with Crippen LogP contribution in [0.1, 0.15) is 25.3 Å².